The monoisotopic (exact) mass is 271 g/mol. The van der Waals surface area contributed by atoms with E-state index >= 15 is 0 Å². The Hall–Kier alpha value is -1.84. The van der Waals surface area contributed by atoms with Crippen molar-refractivity contribution in [2.75, 3.05) is 0 Å². The first kappa shape index (κ1) is 12.2. The highest BCUT2D eigenvalue weighted by Crippen LogP contribution is 2.26. The van der Waals surface area contributed by atoms with Crippen LogP contribution in [0.1, 0.15) is 11.3 Å². The zero-order valence-electron chi connectivity index (χ0n) is 10.6. The molecule has 0 aliphatic rings. The molecule has 1 heterocycles. The van der Waals surface area contributed by atoms with E-state index in [-0.39, 0.29) is 0 Å². The fourth-order valence-corrected chi connectivity index (χ4v) is 2.42. The van der Waals surface area contributed by atoms with Gasteiger partial charge in [0.2, 0.25) is 0 Å². The fraction of sp³-hybridized carbons (Fsp3) is 0.133. The molecule has 0 radical (unpaired) electrons. The third-order valence-electron chi connectivity index (χ3n) is 3.30. The molecule has 0 saturated heterocycles. The zero-order valence-corrected chi connectivity index (χ0v) is 11.4. The summed E-state index contributed by atoms with van der Waals surface area (Å²) in [5, 5.41) is 7.40. The van der Waals surface area contributed by atoms with Crippen molar-refractivity contribution < 1.29 is 0 Å². The van der Waals surface area contributed by atoms with Crippen LogP contribution in [0.4, 0.5) is 0 Å². The van der Waals surface area contributed by atoms with Crippen LogP contribution in [0.3, 0.4) is 0 Å². The summed E-state index contributed by atoms with van der Waals surface area (Å²) in [4.78, 5) is 0. The molecule has 0 amide bonds. The van der Waals surface area contributed by atoms with Crippen LogP contribution in [0.5, 0.6) is 0 Å². The zero-order chi connectivity index (χ0) is 13.4. The minimum absolute atomic E-state index is 0.527. The van der Waals surface area contributed by atoms with Crippen LogP contribution in [-0.4, -0.2) is 9.78 Å². The first-order chi connectivity index (χ1) is 9.20. The van der Waals surface area contributed by atoms with Crippen molar-refractivity contribution >= 4 is 22.4 Å². The molecule has 0 aliphatic heterocycles. The molecule has 4 heteroatoms. The number of rotatable bonds is 2. The minimum Gasteiger partial charge on any atom is -0.326 e. The maximum atomic E-state index is 6.09. The predicted octanol–water partition coefficient (Wildman–Crippen LogP) is 3.45. The highest BCUT2D eigenvalue weighted by atomic mass is 35.5. The second-order valence-electron chi connectivity index (χ2n) is 4.50. The van der Waals surface area contributed by atoms with Gasteiger partial charge in [0.05, 0.1) is 16.4 Å². The van der Waals surface area contributed by atoms with Gasteiger partial charge in [-0.25, -0.2) is 4.68 Å². The van der Waals surface area contributed by atoms with E-state index in [9.17, 15) is 0 Å². The Kier molecular flexibility index (Phi) is 3.01. The third-order valence-corrected chi connectivity index (χ3v) is 3.67. The van der Waals surface area contributed by atoms with Gasteiger partial charge in [0, 0.05) is 18.1 Å². The fourth-order valence-electron chi connectivity index (χ4n) is 2.29. The lowest BCUT2D eigenvalue weighted by Crippen LogP contribution is -2.01. The van der Waals surface area contributed by atoms with Gasteiger partial charge < -0.3 is 5.73 Å². The lowest BCUT2D eigenvalue weighted by atomic mass is 10.0. The average Bonchev–Trinajstić information content (AvgIpc) is 2.77. The summed E-state index contributed by atoms with van der Waals surface area (Å²) in [7, 11) is 0. The van der Waals surface area contributed by atoms with Gasteiger partial charge in [-0.1, -0.05) is 41.9 Å². The second-order valence-corrected chi connectivity index (χ2v) is 4.91. The van der Waals surface area contributed by atoms with Crippen molar-refractivity contribution in [3.05, 3.63) is 58.9 Å². The van der Waals surface area contributed by atoms with E-state index in [0.29, 0.717) is 11.6 Å². The number of hydrogen-bond acceptors (Lipinski definition) is 2. The van der Waals surface area contributed by atoms with Gasteiger partial charge in [-0.15, -0.1) is 0 Å². The van der Waals surface area contributed by atoms with Gasteiger partial charge in [-0.2, -0.15) is 5.10 Å². The van der Waals surface area contributed by atoms with Gasteiger partial charge in [0.25, 0.3) is 0 Å². The van der Waals surface area contributed by atoms with E-state index in [1.165, 1.54) is 0 Å². The summed E-state index contributed by atoms with van der Waals surface area (Å²) >= 11 is 6.09. The number of fused-ring (bicyclic) bond motifs is 1. The molecule has 3 aromatic rings. The molecule has 2 N–H and O–H groups in total. The van der Waals surface area contributed by atoms with E-state index < -0.39 is 0 Å². The summed E-state index contributed by atoms with van der Waals surface area (Å²) in [5.41, 5.74) is 8.77. The molecule has 0 aliphatic carbocycles. The van der Waals surface area contributed by atoms with Crippen molar-refractivity contribution in [2.24, 2.45) is 5.73 Å². The number of hydrogen-bond donors (Lipinski definition) is 1. The van der Waals surface area contributed by atoms with Crippen molar-refractivity contribution in [3.63, 3.8) is 0 Å². The van der Waals surface area contributed by atoms with Gasteiger partial charge in [-0.05, 0) is 23.9 Å². The molecular weight excluding hydrogens is 258 g/mol. The molecule has 19 heavy (non-hydrogen) atoms. The van der Waals surface area contributed by atoms with E-state index in [4.69, 9.17) is 17.3 Å². The molecule has 0 bridgehead atoms. The van der Waals surface area contributed by atoms with Crippen LogP contribution in [0.15, 0.2) is 42.6 Å². The highest BCUT2D eigenvalue weighted by Gasteiger charge is 2.09. The van der Waals surface area contributed by atoms with Crippen molar-refractivity contribution in [3.8, 4) is 5.69 Å². The summed E-state index contributed by atoms with van der Waals surface area (Å²) in [5.74, 6) is 0. The van der Waals surface area contributed by atoms with Gasteiger partial charge >= 0.3 is 0 Å². The highest BCUT2D eigenvalue weighted by molar-refractivity contribution is 6.31. The summed E-state index contributed by atoms with van der Waals surface area (Å²) in [6.07, 6.45) is 1.83. The molecule has 0 fully saturated rings. The topological polar surface area (TPSA) is 43.8 Å². The molecule has 96 valence electrons. The van der Waals surface area contributed by atoms with Crippen LogP contribution in [0.2, 0.25) is 5.02 Å². The Morgan fingerprint density at radius 3 is 2.53 bits per heavy atom. The molecule has 1 aromatic heterocycles. The van der Waals surface area contributed by atoms with Crippen LogP contribution in [0.25, 0.3) is 16.5 Å². The number of aryl methyl sites for hydroxylation is 1. The molecule has 0 spiro atoms. The van der Waals surface area contributed by atoms with Crippen molar-refractivity contribution in [1.82, 2.24) is 9.78 Å². The maximum absolute atomic E-state index is 6.09. The smallest absolute Gasteiger partial charge is 0.0819 e. The number of halogens is 1. The predicted molar refractivity (Wildman–Crippen MR) is 78.7 cm³/mol. The summed E-state index contributed by atoms with van der Waals surface area (Å²) in [6.45, 7) is 2.43. The van der Waals surface area contributed by atoms with Crippen LogP contribution in [0, 0.1) is 6.92 Å². The SMILES string of the molecule is Cc1nn(-c2ccc(CN)c3ccccc23)cc1Cl. The van der Waals surface area contributed by atoms with Gasteiger partial charge in [-0.3, -0.25) is 0 Å². The molecule has 3 rings (SSSR count). The maximum Gasteiger partial charge on any atom is 0.0819 e. The van der Waals surface area contributed by atoms with Crippen LogP contribution >= 0.6 is 11.6 Å². The van der Waals surface area contributed by atoms with E-state index in [1.54, 1.807) is 0 Å². The number of benzene rings is 2. The van der Waals surface area contributed by atoms with Gasteiger partial charge in [0.15, 0.2) is 0 Å². The first-order valence-electron chi connectivity index (χ1n) is 6.13. The van der Waals surface area contributed by atoms with E-state index in [1.807, 2.05) is 42.1 Å². The van der Waals surface area contributed by atoms with E-state index in [2.05, 4.69) is 17.2 Å². The average molecular weight is 272 g/mol. The number of nitrogens with two attached hydrogens (primary N) is 1. The molecular formula is C15H14ClN3. The number of aromatic nitrogens is 2. The lowest BCUT2D eigenvalue weighted by molar-refractivity contribution is 0.868. The minimum atomic E-state index is 0.527. The lowest BCUT2D eigenvalue weighted by Gasteiger charge is -2.10. The largest absolute Gasteiger partial charge is 0.326 e. The quantitative estimate of drug-likeness (QED) is 0.776. The van der Waals surface area contributed by atoms with Crippen LogP contribution < -0.4 is 5.73 Å². The first-order valence-corrected chi connectivity index (χ1v) is 6.51. The standard InChI is InChI=1S/C15H14ClN3/c1-10-14(16)9-19(18-10)15-7-6-11(8-17)12-4-2-3-5-13(12)15/h2-7,9H,8,17H2,1H3. The second kappa shape index (κ2) is 4.68. The number of nitrogens with zero attached hydrogens (tertiary/aromatic N) is 2. The Morgan fingerprint density at radius 1 is 1.16 bits per heavy atom. The molecule has 0 unspecified atom stereocenters. The molecule has 2 aromatic carbocycles. The Labute approximate surface area is 116 Å². The molecule has 0 atom stereocenters. The third kappa shape index (κ3) is 2.01. The van der Waals surface area contributed by atoms with Gasteiger partial charge in [0.1, 0.15) is 0 Å². The Balaban J connectivity index is 2.30. The normalized spacial score (nSPS) is 11.1. The Bertz CT molecular complexity index is 727. The van der Waals surface area contributed by atoms with Crippen molar-refractivity contribution in [2.45, 2.75) is 13.5 Å². The Morgan fingerprint density at radius 2 is 1.89 bits per heavy atom. The summed E-state index contributed by atoms with van der Waals surface area (Å²) in [6, 6.07) is 12.3. The molecule has 3 nitrogen and oxygen atoms in total. The van der Waals surface area contributed by atoms with Crippen LogP contribution in [-0.2, 0) is 6.54 Å². The van der Waals surface area contributed by atoms with E-state index in [0.717, 1.165) is 27.7 Å². The van der Waals surface area contributed by atoms with Crippen molar-refractivity contribution in [1.29, 1.82) is 0 Å². The summed E-state index contributed by atoms with van der Waals surface area (Å²) < 4.78 is 1.82. The molecule has 0 saturated carbocycles.